The average molecular weight is 383 g/mol. The summed E-state index contributed by atoms with van der Waals surface area (Å²) in [5, 5.41) is 6.76. The third-order valence-corrected chi connectivity index (χ3v) is 5.74. The topological polar surface area (TPSA) is 0 Å². The van der Waals surface area contributed by atoms with Crippen molar-refractivity contribution in [2.24, 2.45) is 0 Å². The highest BCUT2D eigenvalue weighted by Crippen LogP contribution is 2.38. The second-order valence-corrected chi connectivity index (χ2v) is 7.69. The predicted octanol–water partition coefficient (Wildman–Crippen LogP) is 7.92. The molecule has 5 rings (SSSR count). The second-order valence-electron chi connectivity index (χ2n) is 7.69. The van der Waals surface area contributed by atoms with Gasteiger partial charge in [-0.2, -0.15) is 0 Å². The van der Waals surface area contributed by atoms with Crippen LogP contribution in [0.1, 0.15) is 25.3 Å². The van der Waals surface area contributed by atoms with Crippen LogP contribution in [-0.2, 0) is 6.42 Å². The zero-order valence-electron chi connectivity index (χ0n) is 17.1. The van der Waals surface area contributed by atoms with Gasteiger partial charge in [0.1, 0.15) is 0 Å². The van der Waals surface area contributed by atoms with Gasteiger partial charge in [-0.25, -0.2) is 0 Å². The van der Waals surface area contributed by atoms with Gasteiger partial charge >= 0.3 is 0 Å². The zero-order chi connectivity index (χ0) is 20.3. The minimum absolute atomic E-state index is 0.981. The van der Waals surface area contributed by atoms with E-state index in [1.54, 1.807) is 0 Å². The van der Waals surface area contributed by atoms with Gasteiger partial charge in [-0.3, -0.25) is 0 Å². The first-order chi connectivity index (χ1) is 14.8. The molecule has 30 heavy (non-hydrogen) atoms. The van der Waals surface area contributed by atoms with E-state index in [2.05, 4.69) is 97.9 Å². The molecule has 0 aromatic heterocycles. The van der Waals surface area contributed by atoms with Gasteiger partial charge in [0.05, 0.1) is 0 Å². The minimum atomic E-state index is 0.981. The molecule has 0 bridgehead atoms. The first kappa shape index (κ1) is 18.3. The number of benzene rings is 3. The summed E-state index contributed by atoms with van der Waals surface area (Å²) in [5.74, 6) is 0. The summed E-state index contributed by atoms with van der Waals surface area (Å²) < 4.78 is 0. The van der Waals surface area contributed by atoms with Crippen molar-refractivity contribution < 1.29 is 0 Å². The molecule has 0 N–H and O–H groups in total. The van der Waals surface area contributed by atoms with Crippen molar-refractivity contribution in [2.45, 2.75) is 26.2 Å². The number of rotatable bonds is 3. The van der Waals surface area contributed by atoms with Gasteiger partial charge < -0.3 is 0 Å². The Morgan fingerprint density at radius 3 is 2.00 bits per heavy atom. The van der Waals surface area contributed by atoms with Crippen molar-refractivity contribution >= 4 is 32.3 Å². The third-order valence-electron chi connectivity index (χ3n) is 5.74. The standard InChI is InChI=1S/C30H22/c1-2-3-14-26-27-15-8-9-16-28(27)30-21-25-13-7-6-12-24(25)18-17-22-10-4-5-11-23(22)19-20-29(26)30/h4-13,15-16,21H,2-3,14H2,1H3. The molecule has 142 valence electrons. The molecule has 0 saturated carbocycles. The monoisotopic (exact) mass is 382 g/mol. The minimum Gasteiger partial charge on any atom is -0.0654 e. The number of hydrogen-bond donors (Lipinski definition) is 0. The summed E-state index contributed by atoms with van der Waals surface area (Å²) in [5.41, 5.74) is 3.76. The van der Waals surface area contributed by atoms with Crippen LogP contribution in [0.25, 0.3) is 43.4 Å². The van der Waals surface area contributed by atoms with E-state index in [9.17, 15) is 0 Å². The number of aryl methyl sites for hydroxylation is 1. The van der Waals surface area contributed by atoms with Crippen LogP contribution in [-0.4, -0.2) is 0 Å². The molecule has 2 aliphatic rings. The first-order valence-corrected chi connectivity index (χ1v) is 10.6. The molecule has 3 aromatic carbocycles. The number of hydrogen-bond acceptors (Lipinski definition) is 0. The molecule has 0 atom stereocenters. The van der Waals surface area contributed by atoms with Crippen LogP contribution in [0, 0.1) is 24.3 Å². The van der Waals surface area contributed by atoms with Crippen molar-refractivity contribution in [3.8, 4) is 11.1 Å². The molecule has 0 heterocycles. The third kappa shape index (κ3) is 3.28. The maximum absolute atomic E-state index is 3.57. The van der Waals surface area contributed by atoms with E-state index in [1.807, 2.05) is 12.1 Å². The Hall–Kier alpha value is -3.74. The lowest BCUT2D eigenvalue weighted by atomic mass is 10.0. The van der Waals surface area contributed by atoms with Gasteiger partial charge in [-0.1, -0.05) is 92.2 Å². The predicted molar refractivity (Wildman–Crippen MR) is 127 cm³/mol. The Kier molecular flexibility index (Phi) is 4.85. The molecule has 3 aromatic rings. The average Bonchev–Trinajstić information content (AvgIpc) is 3.07. The maximum atomic E-state index is 3.57. The van der Waals surface area contributed by atoms with E-state index in [0.717, 1.165) is 33.5 Å². The van der Waals surface area contributed by atoms with E-state index < -0.39 is 0 Å². The van der Waals surface area contributed by atoms with E-state index in [-0.39, 0.29) is 0 Å². The molecule has 0 saturated heterocycles. The van der Waals surface area contributed by atoms with Crippen LogP contribution < -0.4 is 0 Å². The van der Waals surface area contributed by atoms with Crippen LogP contribution in [0.4, 0.5) is 0 Å². The molecule has 0 unspecified atom stereocenters. The second kappa shape index (κ2) is 7.94. The summed E-state index contributed by atoms with van der Waals surface area (Å²) >= 11 is 0. The highest BCUT2D eigenvalue weighted by atomic mass is 14.2. The van der Waals surface area contributed by atoms with Gasteiger partial charge in [0.15, 0.2) is 0 Å². The fourth-order valence-corrected chi connectivity index (χ4v) is 4.18. The summed E-state index contributed by atoms with van der Waals surface area (Å²) in [6.45, 7) is 2.25. The molecule has 2 aliphatic carbocycles. The van der Waals surface area contributed by atoms with Gasteiger partial charge in [0, 0.05) is 21.7 Å². The van der Waals surface area contributed by atoms with Gasteiger partial charge in [-0.05, 0) is 64.4 Å². The first-order valence-electron chi connectivity index (χ1n) is 10.6. The van der Waals surface area contributed by atoms with Crippen LogP contribution in [0.2, 0.25) is 0 Å². The van der Waals surface area contributed by atoms with Crippen LogP contribution in [0.3, 0.4) is 0 Å². The summed E-state index contributed by atoms with van der Waals surface area (Å²) in [6.07, 6.45) is 3.39. The lowest BCUT2D eigenvalue weighted by Crippen LogP contribution is -1.84. The van der Waals surface area contributed by atoms with E-state index >= 15 is 0 Å². The van der Waals surface area contributed by atoms with E-state index in [4.69, 9.17) is 0 Å². The van der Waals surface area contributed by atoms with Crippen molar-refractivity contribution in [1.82, 2.24) is 0 Å². The van der Waals surface area contributed by atoms with Gasteiger partial charge in [-0.15, -0.1) is 0 Å². The molecule has 0 heteroatoms. The van der Waals surface area contributed by atoms with E-state index in [1.165, 1.54) is 34.7 Å². The molecule has 0 amide bonds. The van der Waals surface area contributed by atoms with Crippen LogP contribution >= 0.6 is 0 Å². The Bertz CT molecular complexity index is 1380. The highest BCUT2D eigenvalue weighted by Gasteiger charge is 2.16. The normalized spacial score (nSPS) is 10.7. The summed E-state index contributed by atoms with van der Waals surface area (Å²) in [6, 6.07) is 41.3. The number of unbranched alkanes of at least 4 members (excludes halogenated alkanes) is 1. The van der Waals surface area contributed by atoms with Crippen LogP contribution in [0.5, 0.6) is 0 Å². The van der Waals surface area contributed by atoms with Crippen LogP contribution in [0.15, 0.2) is 78.9 Å². The molecule has 0 radical (unpaired) electrons. The quantitative estimate of drug-likeness (QED) is 0.297. The smallest absolute Gasteiger partial charge is 0.0405 e. The Morgan fingerprint density at radius 1 is 0.633 bits per heavy atom. The Labute approximate surface area is 178 Å². The largest absolute Gasteiger partial charge is 0.0654 e. The van der Waals surface area contributed by atoms with Crippen molar-refractivity contribution in [3.63, 3.8) is 0 Å². The lowest BCUT2D eigenvalue weighted by Gasteiger charge is -2.00. The molecule has 0 aliphatic heterocycles. The fourth-order valence-electron chi connectivity index (χ4n) is 4.18. The fraction of sp³-hybridized carbons (Fsp3) is 0.133. The summed E-state index contributed by atoms with van der Waals surface area (Å²) in [7, 11) is 0. The highest BCUT2D eigenvalue weighted by molar-refractivity contribution is 6.06. The van der Waals surface area contributed by atoms with Crippen molar-refractivity contribution in [1.29, 1.82) is 0 Å². The van der Waals surface area contributed by atoms with Crippen molar-refractivity contribution in [2.75, 3.05) is 0 Å². The Morgan fingerprint density at radius 2 is 1.23 bits per heavy atom. The lowest BCUT2D eigenvalue weighted by molar-refractivity contribution is 0.801. The molecule has 0 fully saturated rings. The zero-order valence-corrected chi connectivity index (χ0v) is 17.1. The van der Waals surface area contributed by atoms with E-state index in [0.29, 0.717) is 0 Å². The SMILES string of the molecule is CCCCc1c2c#cc3ccccc3c#cc3ccccc3cc-2c2ccccc12. The van der Waals surface area contributed by atoms with Gasteiger partial charge in [0.25, 0.3) is 0 Å². The maximum Gasteiger partial charge on any atom is 0.0405 e. The molecular weight excluding hydrogens is 360 g/mol. The molecule has 0 nitrogen and oxygen atoms in total. The number of fused-ring (bicyclic) bond motifs is 5. The molecule has 0 spiro atoms. The van der Waals surface area contributed by atoms with Crippen molar-refractivity contribution in [3.05, 3.63) is 109 Å². The Balaban J connectivity index is 1.98. The van der Waals surface area contributed by atoms with Gasteiger partial charge in [0.2, 0.25) is 0 Å². The molecular formula is C30H22. The summed E-state index contributed by atoms with van der Waals surface area (Å²) in [4.78, 5) is 0.